The van der Waals surface area contributed by atoms with Gasteiger partial charge in [0.2, 0.25) is 0 Å². The Morgan fingerprint density at radius 1 is 0.889 bits per heavy atom. The topological polar surface area (TPSA) is 26.0 Å². The second-order valence-electron chi connectivity index (χ2n) is 11.3. The van der Waals surface area contributed by atoms with E-state index in [4.69, 9.17) is 9.40 Å². The van der Waals surface area contributed by atoms with E-state index in [0.717, 1.165) is 40.0 Å². The summed E-state index contributed by atoms with van der Waals surface area (Å²) >= 11 is 1.79. The zero-order valence-corrected chi connectivity index (χ0v) is 22.4. The molecule has 0 saturated carbocycles. The van der Waals surface area contributed by atoms with Crippen molar-refractivity contribution in [2.45, 2.75) is 46.5 Å². The Balaban J connectivity index is 1.50. The minimum absolute atomic E-state index is 0.0157. The molecule has 6 aromatic rings. The van der Waals surface area contributed by atoms with Crippen molar-refractivity contribution in [3.8, 4) is 22.6 Å². The van der Waals surface area contributed by atoms with Crippen LogP contribution in [0.5, 0.6) is 0 Å². The summed E-state index contributed by atoms with van der Waals surface area (Å²) in [4.78, 5) is 4.81. The molecule has 6 rings (SSSR count). The molecule has 3 heteroatoms. The van der Waals surface area contributed by atoms with Crippen molar-refractivity contribution in [2.75, 3.05) is 0 Å². The van der Waals surface area contributed by atoms with Gasteiger partial charge in [0.1, 0.15) is 11.5 Å². The maximum Gasteiger partial charge on any atom is 0.161 e. The molecule has 0 aliphatic carbocycles. The highest BCUT2D eigenvalue weighted by Gasteiger charge is 2.21. The van der Waals surface area contributed by atoms with E-state index in [1.54, 1.807) is 11.3 Å². The summed E-state index contributed by atoms with van der Waals surface area (Å²) < 4.78 is 7.89. The molecule has 36 heavy (non-hydrogen) atoms. The Morgan fingerprint density at radius 3 is 2.53 bits per heavy atom. The molecule has 3 aromatic carbocycles. The van der Waals surface area contributed by atoms with Gasteiger partial charge in [-0.1, -0.05) is 71.0 Å². The molecule has 0 unspecified atom stereocenters. The van der Waals surface area contributed by atoms with E-state index < -0.39 is 0 Å². The number of rotatable bonds is 4. The third-order valence-electron chi connectivity index (χ3n) is 6.93. The van der Waals surface area contributed by atoms with Gasteiger partial charge in [-0.2, -0.15) is 0 Å². The molecule has 0 spiro atoms. The Kier molecular flexibility index (Phi) is 5.49. The standard InChI is InChI=1S/C33H31NOS/c1-20(2)14-21-10-11-26-27(19-36-30(26)15-21)29-18-23-12-13-34-31(32(23)35-29)24-16-22-8-6-7-9-25(22)28(17-24)33(3,4)5/h6-13,15-20H,14H2,1-5H3. The predicted octanol–water partition coefficient (Wildman–Crippen LogP) is 10.0. The minimum Gasteiger partial charge on any atom is -0.454 e. The van der Waals surface area contributed by atoms with E-state index in [-0.39, 0.29) is 5.41 Å². The normalized spacial score (nSPS) is 12.4. The number of nitrogens with zero attached hydrogens (tertiary/aromatic N) is 1. The van der Waals surface area contributed by atoms with Crippen molar-refractivity contribution in [1.82, 2.24) is 4.98 Å². The third-order valence-corrected chi connectivity index (χ3v) is 7.87. The molecule has 0 fully saturated rings. The lowest BCUT2D eigenvalue weighted by Gasteiger charge is -2.22. The van der Waals surface area contributed by atoms with Crippen molar-refractivity contribution in [1.29, 1.82) is 0 Å². The van der Waals surface area contributed by atoms with Crippen LogP contribution in [0, 0.1) is 5.92 Å². The van der Waals surface area contributed by atoms with Crippen LogP contribution in [0.4, 0.5) is 0 Å². The number of hydrogen-bond donors (Lipinski definition) is 0. The molecule has 0 atom stereocenters. The lowest BCUT2D eigenvalue weighted by Crippen LogP contribution is -2.12. The number of thiophene rings is 1. The molecule has 3 aromatic heterocycles. The second-order valence-corrected chi connectivity index (χ2v) is 12.2. The fourth-order valence-corrected chi connectivity index (χ4v) is 6.25. The van der Waals surface area contributed by atoms with Crippen LogP contribution >= 0.6 is 11.3 Å². The average molecular weight is 490 g/mol. The first-order valence-electron chi connectivity index (χ1n) is 12.7. The molecule has 2 nitrogen and oxygen atoms in total. The van der Waals surface area contributed by atoms with Gasteiger partial charge in [0.05, 0.1) is 0 Å². The molecule has 0 saturated heterocycles. The lowest BCUT2D eigenvalue weighted by atomic mass is 9.82. The van der Waals surface area contributed by atoms with Crippen LogP contribution in [0.2, 0.25) is 0 Å². The highest BCUT2D eigenvalue weighted by Crippen LogP contribution is 2.41. The summed E-state index contributed by atoms with van der Waals surface area (Å²) in [6.07, 6.45) is 3.00. The third kappa shape index (κ3) is 4.02. The first kappa shape index (κ1) is 23.0. The van der Waals surface area contributed by atoms with Gasteiger partial charge in [0.15, 0.2) is 5.58 Å². The van der Waals surface area contributed by atoms with Crippen LogP contribution in [0.1, 0.15) is 45.7 Å². The fraction of sp³-hybridized carbons (Fsp3) is 0.242. The molecule has 0 aliphatic rings. The SMILES string of the molecule is CC(C)Cc1ccc2c(-c3cc4ccnc(-c5cc(C(C)(C)C)c6ccccc6c5)c4o3)csc2c1. The van der Waals surface area contributed by atoms with Gasteiger partial charge in [0.25, 0.3) is 0 Å². The van der Waals surface area contributed by atoms with Crippen molar-refractivity contribution in [3.05, 3.63) is 89.4 Å². The fourth-order valence-electron chi connectivity index (χ4n) is 5.23. The lowest BCUT2D eigenvalue weighted by molar-refractivity contribution is 0.596. The van der Waals surface area contributed by atoms with Crippen molar-refractivity contribution in [2.24, 2.45) is 5.92 Å². The largest absolute Gasteiger partial charge is 0.454 e. The minimum atomic E-state index is 0.0157. The van der Waals surface area contributed by atoms with E-state index in [1.807, 2.05) is 12.3 Å². The maximum atomic E-state index is 6.58. The van der Waals surface area contributed by atoms with E-state index in [9.17, 15) is 0 Å². The van der Waals surface area contributed by atoms with Gasteiger partial charge in [-0.3, -0.25) is 4.98 Å². The maximum absolute atomic E-state index is 6.58. The highest BCUT2D eigenvalue weighted by atomic mass is 32.1. The molecule has 0 radical (unpaired) electrons. The predicted molar refractivity (Wildman–Crippen MR) is 155 cm³/mol. The van der Waals surface area contributed by atoms with Crippen molar-refractivity contribution in [3.63, 3.8) is 0 Å². The molecular formula is C33H31NOS. The molecule has 0 amide bonds. The zero-order valence-electron chi connectivity index (χ0n) is 21.6. The Labute approximate surface area is 216 Å². The van der Waals surface area contributed by atoms with Gasteiger partial charge >= 0.3 is 0 Å². The molecule has 180 valence electrons. The molecule has 0 aliphatic heterocycles. The summed E-state index contributed by atoms with van der Waals surface area (Å²) in [7, 11) is 0. The number of hydrogen-bond acceptors (Lipinski definition) is 3. The van der Waals surface area contributed by atoms with Gasteiger partial charge < -0.3 is 4.42 Å². The Bertz CT molecular complexity index is 1730. The summed E-state index contributed by atoms with van der Waals surface area (Å²) in [6.45, 7) is 11.3. The number of furan rings is 1. The monoisotopic (exact) mass is 489 g/mol. The average Bonchev–Trinajstić information content (AvgIpc) is 3.46. The van der Waals surface area contributed by atoms with Crippen LogP contribution in [-0.2, 0) is 11.8 Å². The van der Waals surface area contributed by atoms with Crippen molar-refractivity contribution >= 4 is 43.2 Å². The molecule has 3 heterocycles. The first-order valence-corrected chi connectivity index (χ1v) is 13.6. The summed E-state index contributed by atoms with van der Waals surface area (Å²) in [5.41, 5.74) is 6.73. The second kappa shape index (κ2) is 8.60. The van der Waals surface area contributed by atoms with Crippen LogP contribution < -0.4 is 0 Å². The summed E-state index contributed by atoms with van der Waals surface area (Å²) in [5, 5.41) is 7.08. The van der Waals surface area contributed by atoms with Crippen LogP contribution in [0.3, 0.4) is 0 Å². The van der Waals surface area contributed by atoms with E-state index >= 15 is 0 Å². The van der Waals surface area contributed by atoms with E-state index in [0.29, 0.717) is 5.92 Å². The van der Waals surface area contributed by atoms with Gasteiger partial charge in [-0.25, -0.2) is 0 Å². The van der Waals surface area contributed by atoms with Gasteiger partial charge in [0, 0.05) is 38.2 Å². The summed E-state index contributed by atoms with van der Waals surface area (Å²) in [6, 6.07) is 24.2. The van der Waals surface area contributed by atoms with Gasteiger partial charge in [-0.05, 0) is 70.0 Å². The molecular weight excluding hydrogens is 458 g/mol. The van der Waals surface area contributed by atoms with E-state index in [2.05, 4.69) is 101 Å². The number of pyridine rings is 1. The zero-order chi connectivity index (χ0) is 25.0. The number of fused-ring (bicyclic) bond motifs is 3. The smallest absolute Gasteiger partial charge is 0.161 e. The number of aromatic nitrogens is 1. The number of benzene rings is 3. The Morgan fingerprint density at radius 2 is 1.72 bits per heavy atom. The highest BCUT2D eigenvalue weighted by molar-refractivity contribution is 7.17. The van der Waals surface area contributed by atoms with Crippen LogP contribution in [0.15, 0.2) is 82.7 Å². The van der Waals surface area contributed by atoms with Crippen LogP contribution in [0.25, 0.3) is 54.4 Å². The molecule has 0 bridgehead atoms. The van der Waals surface area contributed by atoms with E-state index in [1.165, 1.54) is 32.0 Å². The van der Waals surface area contributed by atoms with Crippen LogP contribution in [-0.4, -0.2) is 4.98 Å². The first-order chi connectivity index (χ1) is 17.3. The Hall–Kier alpha value is -3.43. The van der Waals surface area contributed by atoms with Crippen molar-refractivity contribution < 1.29 is 4.42 Å². The van der Waals surface area contributed by atoms with Gasteiger partial charge in [-0.15, -0.1) is 11.3 Å². The molecule has 0 N–H and O–H groups in total. The quantitative estimate of drug-likeness (QED) is 0.246. The summed E-state index contributed by atoms with van der Waals surface area (Å²) in [5.74, 6) is 1.55.